The minimum absolute atomic E-state index is 0.261. The van der Waals surface area contributed by atoms with E-state index < -0.39 is 0 Å². The molecule has 1 unspecified atom stereocenters. The predicted octanol–water partition coefficient (Wildman–Crippen LogP) is 4.53. The van der Waals surface area contributed by atoms with Crippen LogP contribution in [0.3, 0.4) is 0 Å². The first-order valence-electron chi connectivity index (χ1n) is 5.95. The first-order chi connectivity index (χ1) is 7.56. The van der Waals surface area contributed by atoms with Crippen LogP contribution in [-0.2, 0) is 0 Å². The van der Waals surface area contributed by atoms with Crippen LogP contribution in [0.15, 0.2) is 9.98 Å². The normalized spacial score (nSPS) is 14.1. The minimum Gasteiger partial charge on any atom is -0.303 e. The molecule has 0 saturated carbocycles. The van der Waals surface area contributed by atoms with Crippen molar-refractivity contribution in [3.8, 4) is 0 Å². The summed E-state index contributed by atoms with van der Waals surface area (Å²) in [5.74, 6) is 0. The Morgan fingerprint density at radius 1 is 1.38 bits per heavy atom. The molecule has 1 heterocycles. The molecule has 0 saturated heterocycles. The van der Waals surface area contributed by atoms with Crippen LogP contribution in [0.4, 0.5) is 0 Å². The van der Waals surface area contributed by atoms with Crippen molar-refractivity contribution in [1.29, 1.82) is 0 Å². The average Bonchev–Trinajstić information content (AvgIpc) is 2.73. The summed E-state index contributed by atoms with van der Waals surface area (Å²) in [5.41, 5.74) is 0.261. The fourth-order valence-corrected chi connectivity index (χ4v) is 3.29. The smallest absolute Gasteiger partial charge is 0.110 e. The van der Waals surface area contributed by atoms with Gasteiger partial charge in [0.2, 0.25) is 0 Å². The lowest BCUT2D eigenvalue weighted by molar-refractivity contribution is 0.262. The zero-order valence-electron chi connectivity index (χ0n) is 10.5. The SMILES string of the molecule is CCC(CC)(CC)NC(C)c1ncc(Br)s1. The highest BCUT2D eigenvalue weighted by Gasteiger charge is 2.26. The third-order valence-corrected chi connectivity index (χ3v) is 5.08. The van der Waals surface area contributed by atoms with Crippen molar-refractivity contribution in [2.24, 2.45) is 0 Å². The number of hydrogen-bond acceptors (Lipinski definition) is 3. The Morgan fingerprint density at radius 2 is 1.94 bits per heavy atom. The molecule has 0 radical (unpaired) electrons. The monoisotopic (exact) mass is 304 g/mol. The summed E-state index contributed by atoms with van der Waals surface area (Å²) >= 11 is 5.17. The van der Waals surface area contributed by atoms with E-state index in [4.69, 9.17) is 0 Å². The largest absolute Gasteiger partial charge is 0.303 e. The molecule has 1 aromatic rings. The van der Waals surface area contributed by atoms with E-state index in [0.717, 1.165) is 28.1 Å². The summed E-state index contributed by atoms with van der Waals surface area (Å²) in [6.45, 7) is 8.96. The molecule has 4 heteroatoms. The van der Waals surface area contributed by atoms with Crippen LogP contribution in [0.5, 0.6) is 0 Å². The molecule has 92 valence electrons. The van der Waals surface area contributed by atoms with Gasteiger partial charge in [-0.15, -0.1) is 11.3 Å². The van der Waals surface area contributed by atoms with Gasteiger partial charge in [0.1, 0.15) is 5.01 Å². The molecule has 1 aromatic heterocycles. The third kappa shape index (κ3) is 3.28. The molecular formula is C12H21BrN2S. The van der Waals surface area contributed by atoms with Crippen molar-refractivity contribution in [2.45, 2.75) is 58.5 Å². The van der Waals surface area contributed by atoms with Gasteiger partial charge in [-0.3, -0.25) is 0 Å². The zero-order chi connectivity index (χ0) is 12.2. The predicted molar refractivity (Wildman–Crippen MR) is 75.0 cm³/mol. The molecule has 0 amide bonds. The van der Waals surface area contributed by atoms with Gasteiger partial charge in [0.25, 0.3) is 0 Å². The lowest BCUT2D eigenvalue weighted by atomic mass is 9.89. The van der Waals surface area contributed by atoms with Crippen LogP contribution >= 0.6 is 27.3 Å². The van der Waals surface area contributed by atoms with Crippen LogP contribution in [0.1, 0.15) is 58.0 Å². The average molecular weight is 305 g/mol. The van der Waals surface area contributed by atoms with Crippen LogP contribution in [0.2, 0.25) is 0 Å². The van der Waals surface area contributed by atoms with Gasteiger partial charge in [0, 0.05) is 5.54 Å². The summed E-state index contributed by atoms with van der Waals surface area (Å²) in [6, 6.07) is 0.330. The fourth-order valence-electron chi connectivity index (χ4n) is 2.04. The van der Waals surface area contributed by atoms with Crippen LogP contribution in [0, 0.1) is 0 Å². The summed E-state index contributed by atoms with van der Waals surface area (Å²) in [4.78, 5) is 4.41. The maximum Gasteiger partial charge on any atom is 0.110 e. The number of hydrogen-bond donors (Lipinski definition) is 1. The molecule has 0 spiro atoms. The van der Waals surface area contributed by atoms with Gasteiger partial charge in [-0.05, 0) is 42.1 Å². The molecule has 1 N–H and O–H groups in total. The Kier molecular flexibility index (Phi) is 5.41. The van der Waals surface area contributed by atoms with Crippen LogP contribution in [0.25, 0.3) is 0 Å². The van der Waals surface area contributed by atoms with Gasteiger partial charge in [-0.2, -0.15) is 0 Å². The molecule has 16 heavy (non-hydrogen) atoms. The first-order valence-corrected chi connectivity index (χ1v) is 7.56. The molecule has 0 aliphatic carbocycles. The molecule has 0 fully saturated rings. The second kappa shape index (κ2) is 6.12. The second-order valence-corrected chi connectivity index (χ2v) is 6.65. The van der Waals surface area contributed by atoms with E-state index in [9.17, 15) is 0 Å². The first kappa shape index (κ1) is 14.1. The maximum absolute atomic E-state index is 4.41. The lowest BCUT2D eigenvalue weighted by Gasteiger charge is -2.34. The molecule has 0 aromatic carbocycles. The number of nitrogens with one attached hydrogen (secondary N) is 1. The Balaban J connectivity index is 2.72. The van der Waals surface area contributed by atoms with Gasteiger partial charge in [0.05, 0.1) is 16.0 Å². The fraction of sp³-hybridized carbons (Fsp3) is 0.750. The van der Waals surface area contributed by atoms with E-state index in [1.54, 1.807) is 11.3 Å². The topological polar surface area (TPSA) is 24.9 Å². The van der Waals surface area contributed by atoms with Gasteiger partial charge < -0.3 is 5.32 Å². The Bertz CT molecular complexity index is 312. The van der Waals surface area contributed by atoms with Crippen molar-refractivity contribution in [1.82, 2.24) is 10.3 Å². The molecule has 0 bridgehead atoms. The van der Waals surface area contributed by atoms with Crippen molar-refractivity contribution >= 4 is 27.3 Å². The van der Waals surface area contributed by atoms with E-state index in [2.05, 4.69) is 53.9 Å². The van der Waals surface area contributed by atoms with Crippen LogP contribution < -0.4 is 5.32 Å². The molecule has 1 rings (SSSR count). The highest BCUT2D eigenvalue weighted by atomic mass is 79.9. The number of thiazole rings is 1. The number of rotatable bonds is 6. The molecule has 2 nitrogen and oxygen atoms in total. The van der Waals surface area contributed by atoms with E-state index in [1.165, 1.54) is 0 Å². The zero-order valence-corrected chi connectivity index (χ0v) is 12.9. The van der Waals surface area contributed by atoms with E-state index in [-0.39, 0.29) is 5.54 Å². The molecule has 1 atom stereocenters. The quantitative estimate of drug-likeness (QED) is 0.835. The summed E-state index contributed by atoms with van der Waals surface area (Å²) in [7, 11) is 0. The standard InChI is InChI=1S/C12H21BrN2S/c1-5-12(6-2,7-3)15-9(4)11-14-8-10(13)16-11/h8-9,15H,5-7H2,1-4H3. The Morgan fingerprint density at radius 3 is 2.31 bits per heavy atom. The van der Waals surface area contributed by atoms with Gasteiger partial charge in [0.15, 0.2) is 0 Å². The minimum atomic E-state index is 0.261. The lowest BCUT2D eigenvalue weighted by Crippen LogP contribution is -2.44. The summed E-state index contributed by atoms with van der Waals surface area (Å²) in [6.07, 6.45) is 5.37. The van der Waals surface area contributed by atoms with E-state index >= 15 is 0 Å². The summed E-state index contributed by atoms with van der Waals surface area (Å²) in [5, 5.41) is 4.90. The number of aromatic nitrogens is 1. The van der Waals surface area contributed by atoms with Crippen molar-refractivity contribution in [2.75, 3.05) is 0 Å². The van der Waals surface area contributed by atoms with E-state index in [0.29, 0.717) is 6.04 Å². The van der Waals surface area contributed by atoms with Gasteiger partial charge in [-0.1, -0.05) is 20.8 Å². The van der Waals surface area contributed by atoms with Crippen molar-refractivity contribution in [3.63, 3.8) is 0 Å². The van der Waals surface area contributed by atoms with Crippen molar-refractivity contribution in [3.05, 3.63) is 15.0 Å². The Labute approximate surface area is 111 Å². The molecule has 0 aliphatic rings. The molecular weight excluding hydrogens is 284 g/mol. The molecule has 0 aliphatic heterocycles. The second-order valence-electron chi connectivity index (χ2n) is 4.21. The maximum atomic E-state index is 4.41. The number of nitrogens with zero attached hydrogens (tertiary/aromatic N) is 1. The van der Waals surface area contributed by atoms with Gasteiger partial charge in [-0.25, -0.2) is 4.98 Å². The van der Waals surface area contributed by atoms with E-state index in [1.807, 2.05) is 6.20 Å². The summed E-state index contributed by atoms with van der Waals surface area (Å²) < 4.78 is 1.10. The third-order valence-electron chi connectivity index (χ3n) is 3.42. The number of halogens is 1. The van der Waals surface area contributed by atoms with Crippen LogP contribution in [-0.4, -0.2) is 10.5 Å². The Hall–Kier alpha value is 0.0700. The highest BCUT2D eigenvalue weighted by Crippen LogP contribution is 2.28. The van der Waals surface area contributed by atoms with Gasteiger partial charge >= 0.3 is 0 Å². The highest BCUT2D eigenvalue weighted by molar-refractivity contribution is 9.11. The van der Waals surface area contributed by atoms with Crippen molar-refractivity contribution < 1.29 is 0 Å².